The molecule has 18 heavy (non-hydrogen) atoms. The van der Waals surface area contributed by atoms with Crippen LogP contribution in [-0.4, -0.2) is 29.0 Å². The van der Waals surface area contributed by atoms with Crippen LogP contribution in [0.15, 0.2) is 12.4 Å². The summed E-state index contributed by atoms with van der Waals surface area (Å²) in [5.41, 5.74) is 0.364. The Balaban J connectivity index is 2.51. The zero-order valence-corrected chi connectivity index (χ0v) is 11.4. The van der Waals surface area contributed by atoms with Crippen molar-refractivity contribution in [3.63, 3.8) is 0 Å². The van der Waals surface area contributed by atoms with Gasteiger partial charge in [-0.1, -0.05) is 26.7 Å². The van der Waals surface area contributed by atoms with E-state index in [9.17, 15) is 4.79 Å². The molecule has 1 aromatic rings. The molecule has 0 saturated carbocycles. The Labute approximate surface area is 108 Å². The van der Waals surface area contributed by atoms with Crippen molar-refractivity contribution in [1.82, 2.24) is 15.3 Å². The molecule has 0 atom stereocenters. The molecule has 0 bridgehead atoms. The van der Waals surface area contributed by atoms with Crippen molar-refractivity contribution < 1.29 is 4.79 Å². The Morgan fingerprint density at radius 1 is 1.22 bits per heavy atom. The Morgan fingerprint density at radius 3 is 2.44 bits per heavy atom. The van der Waals surface area contributed by atoms with Gasteiger partial charge in [0.15, 0.2) is 0 Å². The van der Waals surface area contributed by atoms with E-state index in [0.717, 1.165) is 19.4 Å². The minimum absolute atomic E-state index is 0.155. The van der Waals surface area contributed by atoms with Gasteiger partial charge in [0.25, 0.3) is 5.91 Å². The van der Waals surface area contributed by atoms with Gasteiger partial charge < -0.3 is 10.6 Å². The van der Waals surface area contributed by atoms with Crippen molar-refractivity contribution in [3.05, 3.63) is 18.1 Å². The van der Waals surface area contributed by atoms with Crippen molar-refractivity contribution >= 4 is 11.7 Å². The zero-order chi connectivity index (χ0) is 13.4. The number of nitrogens with zero attached hydrogens (tertiary/aromatic N) is 2. The molecule has 2 N–H and O–H groups in total. The van der Waals surface area contributed by atoms with Crippen LogP contribution in [0, 0.1) is 5.92 Å². The fourth-order valence-electron chi connectivity index (χ4n) is 1.62. The molecule has 1 amide bonds. The monoisotopic (exact) mass is 250 g/mol. The number of anilines is 1. The minimum Gasteiger partial charge on any atom is -0.369 e. The van der Waals surface area contributed by atoms with Crippen molar-refractivity contribution in [3.8, 4) is 0 Å². The van der Waals surface area contributed by atoms with Gasteiger partial charge in [-0.15, -0.1) is 0 Å². The highest BCUT2D eigenvalue weighted by atomic mass is 16.1. The van der Waals surface area contributed by atoms with Crippen molar-refractivity contribution in [2.75, 3.05) is 18.4 Å². The number of rotatable bonds is 7. The van der Waals surface area contributed by atoms with E-state index in [4.69, 9.17) is 0 Å². The van der Waals surface area contributed by atoms with Gasteiger partial charge in [-0.05, 0) is 12.8 Å². The second kappa shape index (κ2) is 7.63. The predicted octanol–water partition coefficient (Wildman–Crippen LogP) is 2.07. The minimum atomic E-state index is -0.155. The molecular formula is C13H22N4O. The molecule has 1 aromatic heterocycles. The molecule has 5 heteroatoms. The molecular weight excluding hydrogens is 228 g/mol. The number of carbonyl (C=O) groups is 1. The van der Waals surface area contributed by atoms with Crippen LogP contribution in [0.3, 0.4) is 0 Å². The van der Waals surface area contributed by atoms with Gasteiger partial charge in [0, 0.05) is 13.1 Å². The van der Waals surface area contributed by atoms with Crippen LogP contribution in [0.5, 0.6) is 0 Å². The lowest BCUT2D eigenvalue weighted by atomic mass is 10.0. The summed E-state index contributed by atoms with van der Waals surface area (Å²) >= 11 is 0. The van der Waals surface area contributed by atoms with E-state index < -0.39 is 0 Å². The Bertz CT molecular complexity index is 360. The predicted molar refractivity (Wildman–Crippen MR) is 72.6 cm³/mol. The summed E-state index contributed by atoms with van der Waals surface area (Å²) in [6.07, 6.45) is 5.22. The maximum absolute atomic E-state index is 11.8. The molecule has 0 fully saturated rings. The first-order valence-electron chi connectivity index (χ1n) is 6.55. The highest BCUT2D eigenvalue weighted by Gasteiger charge is 2.10. The van der Waals surface area contributed by atoms with Crippen molar-refractivity contribution in [2.24, 2.45) is 5.92 Å². The van der Waals surface area contributed by atoms with E-state index in [2.05, 4.69) is 34.4 Å². The first-order chi connectivity index (χ1) is 8.71. The maximum Gasteiger partial charge on any atom is 0.271 e. The summed E-state index contributed by atoms with van der Waals surface area (Å²) in [6, 6.07) is 0. The summed E-state index contributed by atoms with van der Waals surface area (Å²) in [6.45, 7) is 7.73. The first kappa shape index (κ1) is 14.4. The maximum atomic E-state index is 11.8. The first-order valence-corrected chi connectivity index (χ1v) is 6.55. The van der Waals surface area contributed by atoms with Crippen molar-refractivity contribution in [1.29, 1.82) is 0 Å². The molecule has 0 saturated heterocycles. The fraction of sp³-hybridized carbons (Fsp3) is 0.615. The lowest BCUT2D eigenvalue weighted by Gasteiger charge is -2.12. The quantitative estimate of drug-likeness (QED) is 0.777. The van der Waals surface area contributed by atoms with Gasteiger partial charge in [0.2, 0.25) is 0 Å². The standard InChI is InChI=1S/C13H22N4O/c1-4-10(5-2)7-17-13(18)11-8-16-12(9-15-11)14-6-3/h8-10H,4-7H2,1-3H3,(H,14,16)(H,17,18). The molecule has 0 aliphatic carbocycles. The Morgan fingerprint density at radius 2 is 1.94 bits per heavy atom. The summed E-state index contributed by atoms with van der Waals surface area (Å²) in [5.74, 6) is 1.06. The average Bonchev–Trinajstić information content (AvgIpc) is 2.41. The van der Waals surface area contributed by atoms with E-state index in [1.54, 1.807) is 6.20 Å². The molecule has 1 rings (SSSR count). The number of amides is 1. The Hall–Kier alpha value is -1.65. The smallest absolute Gasteiger partial charge is 0.271 e. The molecule has 0 aliphatic rings. The van der Waals surface area contributed by atoms with Crippen molar-refractivity contribution in [2.45, 2.75) is 33.6 Å². The van der Waals surface area contributed by atoms with E-state index in [1.807, 2.05) is 6.92 Å². The lowest BCUT2D eigenvalue weighted by molar-refractivity contribution is 0.0941. The van der Waals surface area contributed by atoms with Crippen LogP contribution in [0.1, 0.15) is 44.1 Å². The van der Waals surface area contributed by atoms with Gasteiger partial charge in [0.1, 0.15) is 11.5 Å². The topological polar surface area (TPSA) is 66.9 Å². The zero-order valence-electron chi connectivity index (χ0n) is 11.4. The molecule has 0 aromatic carbocycles. The van der Waals surface area contributed by atoms with E-state index >= 15 is 0 Å². The largest absolute Gasteiger partial charge is 0.369 e. The Kier molecular flexibility index (Phi) is 6.11. The fourth-order valence-corrected chi connectivity index (χ4v) is 1.62. The molecule has 100 valence electrons. The molecule has 0 aliphatic heterocycles. The second-order valence-corrected chi connectivity index (χ2v) is 4.21. The van der Waals surface area contributed by atoms with Gasteiger partial charge in [-0.2, -0.15) is 0 Å². The second-order valence-electron chi connectivity index (χ2n) is 4.21. The lowest BCUT2D eigenvalue weighted by Crippen LogP contribution is -2.29. The van der Waals surface area contributed by atoms with Crippen LogP contribution in [-0.2, 0) is 0 Å². The summed E-state index contributed by atoms with van der Waals surface area (Å²) in [5, 5.41) is 5.93. The van der Waals surface area contributed by atoms with E-state index in [-0.39, 0.29) is 5.91 Å². The third kappa shape index (κ3) is 4.31. The van der Waals surface area contributed by atoms with Gasteiger partial charge >= 0.3 is 0 Å². The summed E-state index contributed by atoms with van der Waals surface area (Å²) < 4.78 is 0. The summed E-state index contributed by atoms with van der Waals surface area (Å²) in [7, 11) is 0. The van der Waals surface area contributed by atoms with E-state index in [1.165, 1.54) is 6.20 Å². The molecule has 1 heterocycles. The number of aromatic nitrogens is 2. The highest BCUT2D eigenvalue weighted by molar-refractivity contribution is 5.91. The highest BCUT2D eigenvalue weighted by Crippen LogP contribution is 2.06. The average molecular weight is 250 g/mol. The van der Waals surface area contributed by atoms with Crippen LogP contribution < -0.4 is 10.6 Å². The molecule has 0 unspecified atom stereocenters. The third-order valence-corrected chi connectivity index (χ3v) is 2.95. The van der Waals surface area contributed by atoms with Crippen LogP contribution >= 0.6 is 0 Å². The van der Waals surface area contributed by atoms with E-state index in [0.29, 0.717) is 24.0 Å². The number of nitrogens with one attached hydrogen (secondary N) is 2. The van der Waals surface area contributed by atoms with Gasteiger partial charge in [0.05, 0.1) is 12.4 Å². The van der Waals surface area contributed by atoms with Crippen LogP contribution in [0.2, 0.25) is 0 Å². The molecule has 5 nitrogen and oxygen atoms in total. The third-order valence-electron chi connectivity index (χ3n) is 2.95. The van der Waals surface area contributed by atoms with Crippen LogP contribution in [0.4, 0.5) is 5.82 Å². The molecule has 0 spiro atoms. The number of carbonyl (C=O) groups excluding carboxylic acids is 1. The number of hydrogen-bond donors (Lipinski definition) is 2. The number of hydrogen-bond acceptors (Lipinski definition) is 4. The van der Waals surface area contributed by atoms with Crippen LogP contribution in [0.25, 0.3) is 0 Å². The van der Waals surface area contributed by atoms with Gasteiger partial charge in [-0.3, -0.25) is 4.79 Å². The van der Waals surface area contributed by atoms with Gasteiger partial charge in [-0.25, -0.2) is 9.97 Å². The summed E-state index contributed by atoms with van der Waals surface area (Å²) in [4.78, 5) is 20.0. The molecule has 0 radical (unpaired) electrons. The SMILES string of the molecule is CCNc1cnc(C(=O)NCC(CC)CC)cn1. The normalized spacial score (nSPS) is 10.4.